The maximum Gasteiger partial charge on any atom is 0.332 e. The summed E-state index contributed by atoms with van der Waals surface area (Å²) in [5.74, 6) is 0.686. The van der Waals surface area contributed by atoms with Crippen LogP contribution in [0.1, 0.15) is 32.2 Å². The molecule has 6 heteroatoms. The Kier molecular flexibility index (Phi) is 4.44. The third kappa shape index (κ3) is 2.73. The molecule has 130 valence electrons. The summed E-state index contributed by atoms with van der Waals surface area (Å²) in [5.41, 5.74) is 2.30. The van der Waals surface area contributed by atoms with Crippen LogP contribution in [0.2, 0.25) is 0 Å². The number of hydrogen-bond donors (Lipinski definition) is 0. The van der Waals surface area contributed by atoms with E-state index in [1.807, 2.05) is 57.3 Å². The SMILES string of the molecule is CCn1c(=O)c2c(nc(/C(C)=C/c3ccccc3)n2C)n(CC)c1=O. The largest absolute Gasteiger partial charge is 0.332 e. The van der Waals surface area contributed by atoms with E-state index in [2.05, 4.69) is 4.98 Å². The molecule has 0 fully saturated rings. The molecule has 3 rings (SSSR count). The number of imidazole rings is 1. The van der Waals surface area contributed by atoms with Gasteiger partial charge in [0.05, 0.1) is 0 Å². The number of aryl methyl sites for hydroxylation is 2. The molecule has 0 amide bonds. The Morgan fingerprint density at radius 3 is 2.32 bits per heavy atom. The fourth-order valence-corrected chi connectivity index (χ4v) is 3.14. The quantitative estimate of drug-likeness (QED) is 0.734. The van der Waals surface area contributed by atoms with Crippen molar-refractivity contribution >= 4 is 22.8 Å². The van der Waals surface area contributed by atoms with Crippen molar-refractivity contribution in [3.05, 3.63) is 62.6 Å². The summed E-state index contributed by atoms with van der Waals surface area (Å²) >= 11 is 0. The van der Waals surface area contributed by atoms with E-state index >= 15 is 0 Å². The van der Waals surface area contributed by atoms with Gasteiger partial charge in [0.25, 0.3) is 5.56 Å². The molecule has 0 N–H and O–H groups in total. The number of fused-ring (bicyclic) bond motifs is 1. The van der Waals surface area contributed by atoms with Crippen molar-refractivity contribution in [2.45, 2.75) is 33.9 Å². The third-order valence-electron chi connectivity index (χ3n) is 4.41. The van der Waals surface area contributed by atoms with Crippen molar-refractivity contribution in [3.8, 4) is 0 Å². The molecule has 0 aliphatic rings. The van der Waals surface area contributed by atoms with E-state index < -0.39 is 0 Å². The van der Waals surface area contributed by atoms with E-state index in [1.165, 1.54) is 4.57 Å². The summed E-state index contributed by atoms with van der Waals surface area (Å²) in [5, 5.41) is 0. The Balaban J connectivity index is 2.31. The molecular formula is C19H22N4O2. The standard InChI is InChI=1S/C19H22N4O2/c1-5-22-17-15(18(24)23(6-2)19(22)25)21(4)16(20-17)13(3)12-14-10-8-7-9-11-14/h7-12H,5-6H2,1-4H3/b13-12+. The van der Waals surface area contributed by atoms with Gasteiger partial charge < -0.3 is 4.57 Å². The molecule has 0 spiro atoms. The summed E-state index contributed by atoms with van der Waals surface area (Å²) in [4.78, 5) is 29.9. The topological polar surface area (TPSA) is 61.8 Å². The van der Waals surface area contributed by atoms with Crippen LogP contribution in [0.25, 0.3) is 22.8 Å². The number of allylic oxidation sites excluding steroid dienone is 1. The second-order valence-electron chi connectivity index (χ2n) is 5.98. The Hall–Kier alpha value is -2.89. The minimum Gasteiger partial charge on any atom is -0.322 e. The first-order valence-electron chi connectivity index (χ1n) is 8.43. The molecule has 0 aliphatic heterocycles. The van der Waals surface area contributed by atoms with Gasteiger partial charge in [0.15, 0.2) is 11.2 Å². The van der Waals surface area contributed by atoms with Crippen LogP contribution in [-0.2, 0) is 20.1 Å². The van der Waals surface area contributed by atoms with Gasteiger partial charge in [-0.05, 0) is 38.0 Å². The van der Waals surface area contributed by atoms with E-state index in [1.54, 1.807) is 16.1 Å². The molecule has 0 saturated carbocycles. The van der Waals surface area contributed by atoms with E-state index in [0.29, 0.717) is 30.1 Å². The van der Waals surface area contributed by atoms with Crippen LogP contribution in [0.3, 0.4) is 0 Å². The highest BCUT2D eigenvalue weighted by Crippen LogP contribution is 2.20. The van der Waals surface area contributed by atoms with Crippen molar-refractivity contribution in [1.82, 2.24) is 18.7 Å². The molecule has 0 radical (unpaired) electrons. The van der Waals surface area contributed by atoms with Crippen LogP contribution < -0.4 is 11.2 Å². The first-order valence-corrected chi connectivity index (χ1v) is 8.43. The molecule has 0 bridgehead atoms. The van der Waals surface area contributed by atoms with E-state index in [-0.39, 0.29) is 11.2 Å². The molecule has 0 atom stereocenters. The molecule has 2 aromatic heterocycles. The van der Waals surface area contributed by atoms with Gasteiger partial charge in [-0.15, -0.1) is 0 Å². The van der Waals surface area contributed by atoms with Crippen molar-refractivity contribution in [2.75, 3.05) is 0 Å². The number of aromatic nitrogens is 4. The predicted molar refractivity (Wildman–Crippen MR) is 101 cm³/mol. The summed E-state index contributed by atoms with van der Waals surface area (Å²) in [7, 11) is 1.82. The zero-order valence-corrected chi connectivity index (χ0v) is 15.0. The maximum absolute atomic E-state index is 12.7. The second-order valence-corrected chi connectivity index (χ2v) is 5.98. The molecular weight excluding hydrogens is 316 g/mol. The summed E-state index contributed by atoms with van der Waals surface area (Å²) < 4.78 is 4.59. The van der Waals surface area contributed by atoms with E-state index in [0.717, 1.165) is 11.1 Å². The highest BCUT2D eigenvalue weighted by Gasteiger charge is 2.19. The zero-order valence-electron chi connectivity index (χ0n) is 15.0. The second kappa shape index (κ2) is 6.55. The van der Waals surface area contributed by atoms with Gasteiger partial charge in [0.1, 0.15) is 5.82 Å². The first-order chi connectivity index (χ1) is 12.0. The first kappa shape index (κ1) is 17.0. The lowest BCUT2D eigenvalue weighted by Crippen LogP contribution is -2.39. The molecule has 0 unspecified atom stereocenters. The van der Waals surface area contributed by atoms with Crippen LogP contribution in [0.5, 0.6) is 0 Å². The molecule has 0 aliphatic carbocycles. The van der Waals surface area contributed by atoms with Gasteiger partial charge in [-0.1, -0.05) is 30.3 Å². The number of benzene rings is 1. The Labute approximate surface area is 145 Å². The van der Waals surface area contributed by atoms with E-state index in [9.17, 15) is 9.59 Å². The Bertz CT molecular complexity index is 1070. The molecule has 3 aromatic rings. The molecule has 6 nitrogen and oxygen atoms in total. The Morgan fingerprint density at radius 1 is 1.08 bits per heavy atom. The lowest BCUT2D eigenvalue weighted by molar-refractivity contribution is 0.604. The van der Waals surface area contributed by atoms with Crippen molar-refractivity contribution in [2.24, 2.45) is 7.05 Å². The molecule has 0 saturated heterocycles. The van der Waals surface area contributed by atoms with Crippen LogP contribution >= 0.6 is 0 Å². The van der Waals surface area contributed by atoms with Gasteiger partial charge in [0, 0.05) is 20.1 Å². The van der Waals surface area contributed by atoms with Gasteiger partial charge >= 0.3 is 5.69 Å². The van der Waals surface area contributed by atoms with Crippen molar-refractivity contribution < 1.29 is 0 Å². The fourth-order valence-electron chi connectivity index (χ4n) is 3.14. The lowest BCUT2D eigenvalue weighted by Gasteiger charge is -2.08. The van der Waals surface area contributed by atoms with Gasteiger partial charge in [0.2, 0.25) is 0 Å². The van der Waals surface area contributed by atoms with Gasteiger partial charge in [-0.25, -0.2) is 9.78 Å². The summed E-state index contributed by atoms with van der Waals surface area (Å²) in [6, 6.07) is 9.94. The van der Waals surface area contributed by atoms with Crippen LogP contribution in [0.4, 0.5) is 0 Å². The molecule has 25 heavy (non-hydrogen) atoms. The van der Waals surface area contributed by atoms with Gasteiger partial charge in [-0.3, -0.25) is 13.9 Å². The highest BCUT2D eigenvalue weighted by atomic mass is 16.2. The van der Waals surface area contributed by atoms with Crippen LogP contribution in [0.15, 0.2) is 39.9 Å². The smallest absolute Gasteiger partial charge is 0.322 e. The number of rotatable bonds is 4. The van der Waals surface area contributed by atoms with Crippen molar-refractivity contribution in [1.29, 1.82) is 0 Å². The molecule has 2 heterocycles. The van der Waals surface area contributed by atoms with E-state index in [4.69, 9.17) is 0 Å². The average Bonchev–Trinajstić information content (AvgIpc) is 2.94. The summed E-state index contributed by atoms with van der Waals surface area (Å²) in [6.07, 6.45) is 2.02. The number of hydrogen-bond acceptors (Lipinski definition) is 3. The Morgan fingerprint density at radius 2 is 1.72 bits per heavy atom. The minimum atomic E-state index is -0.308. The normalized spacial score (nSPS) is 12.1. The van der Waals surface area contributed by atoms with Crippen molar-refractivity contribution in [3.63, 3.8) is 0 Å². The minimum absolute atomic E-state index is 0.291. The monoisotopic (exact) mass is 338 g/mol. The molecule has 1 aromatic carbocycles. The lowest BCUT2D eigenvalue weighted by atomic mass is 10.1. The van der Waals surface area contributed by atoms with Crippen LogP contribution in [-0.4, -0.2) is 18.7 Å². The summed E-state index contributed by atoms with van der Waals surface area (Å²) in [6.45, 7) is 6.44. The average molecular weight is 338 g/mol. The fraction of sp³-hybridized carbons (Fsp3) is 0.316. The third-order valence-corrected chi connectivity index (χ3v) is 4.41. The number of nitrogens with zero attached hydrogens (tertiary/aromatic N) is 4. The van der Waals surface area contributed by atoms with Crippen LogP contribution in [0, 0.1) is 0 Å². The highest BCUT2D eigenvalue weighted by molar-refractivity contribution is 5.82. The predicted octanol–water partition coefficient (Wildman–Crippen LogP) is 2.50. The van der Waals surface area contributed by atoms with Gasteiger partial charge in [-0.2, -0.15) is 0 Å². The zero-order chi connectivity index (χ0) is 18.1. The maximum atomic E-state index is 12.7.